The van der Waals surface area contributed by atoms with Crippen molar-refractivity contribution >= 4 is 5.78 Å². The van der Waals surface area contributed by atoms with E-state index in [1.165, 1.54) is 0 Å². The largest absolute Gasteiger partial charge is 0.291 e. The van der Waals surface area contributed by atoms with Gasteiger partial charge in [0.05, 0.1) is 0 Å². The average Bonchev–Trinajstić information content (AvgIpc) is 2.30. The summed E-state index contributed by atoms with van der Waals surface area (Å²) in [7, 11) is 0. The molecule has 0 heterocycles. The first-order valence-electron chi connectivity index (χ1n) is 3.55. The van der Waals surface area contributed by atoms with E-state index in [0.29, 0.717) is 5.56 Å². The van der Waals surface area contributed by atoms with Crippen molar-refractivity contribution in [1.82, 2.24) is 0 Å². The molecule has 1 aromatic carbocycles. The second kappa shape index (κ2) is 2.16. The molecule has 2 heteroatoms. The van der Waals surface area contributed by atoms with E-state index in [1.54, 1.807) is 18.2 Å². The Morgan fingerprint density at radius 1 is 1.36 bits per heavy atom. The standard InChI is InChI=1S/C9H7FO/c10-8-5-6-3-1-2-4-7(6)9(8)11/h1-4,8H,5H2/t8-/m1/s1. The van der Waals surface area contributed by atoms with Crippen LogP contribution in [0.2, 0.25) is 0 Å². The van der Waals surface area contributed by atoms with Crippen LogP contribution in [0.5, 0.6) is 0 Å². The predicted octanol–water partition coefficient (Wildman–Crippen LogP) is 1.76. The van der Waals surface area contributed by atoms with E-state index in [4.69, 9.17) is 0 Å². The zero-order chi connectivity index (χ0) is 7.84. The number of hydrogen-bond acceptors (Lipinski definition) is 1. The molecule has 1 aliphatic rings. The molecule has 0 unspecified atom stereocenters. The van der Waals surface area contributed by atoms with E-state index >= 15 is 0 Å². The molecule has 0 saturated carbocycles. The van der Waals surface area contributed by atoms with Crippen LogP contribution in [-0.2, 0) is 6.42 Å². The molecule has 0 radical (unpaired) electrons. The van der Waals surface area contributed by atoms with E-state index in [1.807, 2.05) is 6.07 Å². The molecule has 1 aliphatic carbocycles. The summed E-state index contributed by atoms with van der Waals surface area (Å²) in [6.45, 7) is 0. The molecule has 0 aromatic heterocycles. The van der Waals surface area contributed by atoms with Crippen molar-refractivity contribution in [3.63, 3.8) is 0 Å². The van der Waals surface area contributed by atoms with Gasteiger partial charge in [-0.2, -0.15) is 0 Å². The first-order valence-corrected chi connectivity index (χ1v) is 3.55. The fourth-order valence-corrected chi connectivity index (χ4v) is 1.39. The van der Waals surface area contributed by atoms with Gasteiger partial charge in [-0.3, -0.25) is 4.79 Å². The van der Waals surface area contributed by atoms with Crippen LogP contribution in [0, 0.1) is 0 Å². The molecule has 11 heavy (non-hydrogen) atoms. The number of carbonyl (C=O) groups excluding carboxylic acids is 1. The van der Waals surface area contributed by atoms with E-state index in [0.717, 1.165) is 5.56 Å². The average molecular weight is 150 g/mol. The minimum Gasteiger partial charge on any atom is -0.291 e. The summed E-state index contributed by atoms with van der Waals surface area (Å²) in [6, 6.07) is 7.06. The molecule has 0 aliphatic heterocycles. The Morgan fingerprint density at radius 2 is 2.09 bits per heavy atom. The number of halogens is 1. The summed E-state index contributed by atoms with van der Waals surface area (Å²) in [5.74, 6) is -0.361. The number of ketones is 1. The molecule has 2 rings (SSSR count). The smallest absolute Gasteiger partial charge is 0.197 e. The molecule has 0 fully saturated rings. The van der Waals surface area contributed by atoms with Gasteiger partial charge in [0.1, 0.15) is 0 Å². The highest BCUT2D eigenvalue weighted by Crippen LogP contribution is 2.23. The second-order valence-corrected chi connectivity index (χ2v) is 2.69. The highest BCUT2D eigenvalue weighted by Gasteiger charge is 2.29. The van der Waals surface area contributed by atoms with Gasteiger partial charge in [0.25, 0.3) is 0 Å². The van der Waals surface area contributed by atoms with E-state index in [9.17, 15) is 9.18 Å². The number of benzene rings is 1. The maximum Gasteiger partial charge on any atom is 0.197 e. The van der Waals surface area contributed by atoms with Gasteiger partial charge in [0, 0.05) is 12.0 Å². The van der Waals surface area contributed by atoms with Crippen molar-refractivity contribution in [2.75, 3.05) is 0 Å². The fourth-order valence-electron chi connectivity index (χ4n) is 1.39. The van der Waals surface area contributed by atoms with Gasteiger partial charge < -0.3 is 0 Å². The van der Waals surface area contributed by atoms with Crippen molar-refractivity contribution < 1.29 is 9.18 Å². The molecule has 0 N–H and O–H groups in total. The van der Waals surface area contributed by atoms with Gasteiger partial charge in [-0.05, 0) is 5.56 Å². The zero-order valence-corrected chi connectivity index (χ0v) is 5.88. The van der Waals surface area contributed by atoms with E-state index in [2.05, 4.69) is 0 Å². The van der Waals surface area contributed by atoms with Gasteiger partial charge >= 0.3 is 0 Å². The third-order valence-electron chi connectivity index (χ3n) is 1.97. The van der Waals surface area contributed by atoms with Crippen LogP contribution < -0.4 is 0 Å². The number of Topliss-reactive ketones (excluding diaryl/α,β-unsaturated/α-hetero) is 1. The Balaban J connectivity index is 2.55. The van der Waals surface area contributed by atoms with Crippen LogP contribution in [0.25, 0.3) is 0 Å². The number of alkyl halides is 1. The van der Waals surface area contributed by atoms with Crippen molar-refractivity contribution in [2.24, 2.45) is 0 Å². The fraction of sp³-hybridized carbons (Fsp3) is 0.222. The predicted molar refractivity (Wildman–Crippen MR) is 39.4 cm³/mol. The molecule has 0 bridgehead atoms. The summed E-state index contributed by atoms with van der Waals surface area (Å²) in [6.07, 6.45) is -1.04. The van der Waals surface area contributed by atoms with Gasteiger partial charge in [-0.25, -0.2) is 4.39 Å². The van der Waals surface area contributed by atoms with Crippen LogP contribution in [0.4, 0.5) is 4.39 Å². The molecular weight excluding hydrogens is 143 g/mol. The van der Waals surface area contributed by atoms with Gasteiger partial charge in [-0.1, -0.05) is 24.3 Å². The quantitative estimate of drug-likeness (QED) is 0.550. The highest BCUT2D eigenvalue weighted by molar-refractivity contribution is 6.03. The first kappa shape index (κ1) is 6.53. The Hall–Kier alpha value is -1.18. The summed E-state index contributed by atoms with van der Waals surface area (Å²) in [5, 5.41) is 0. The molecule has 1 atom stereocenters. The van der Waals surface area contributed by atoms with Crippen molar-refractivity contribution in [1.29, 1.82) is 0 Å². The van der Waals surface area contributed by atoms with Gasteiger partial charge in [-0.15, -0.1) is 0 Å². The summed E-state index contributed by atoms with van der Waals surface area (Å²) < 4.78 is 12.8. The zero-order valence-electron chi connectivity index (χ0n) is 5.88. The second-order valence-electron chi connectivity index (χ2n) is 2.69. The molecule has 1 nitrogen and oxygen atoms in total. The topological polar surface area (TPSA) is 17.1 Å². The maximum atomic E-state index is 12.8. The van der Waals surface area contributed by atoms with Crippen LogP contribution in [-0.4, -0.2) is 12.0 Å². The lowest BCUT2D eigenvalue weighted by atomic mass is 10.1. The number of rotatable bonds is 0. The Bertz CT molecular complexity index is 306. The molecule has 1 aromatic rings. The Morgan fingerprint density at radius 3 is 2.82 bits per heavy atom. The Kier molecular flexibility index (Phi) is 1.28. The van der Waals surface area contributed by atoms with Crippen LogP contribution in [0.1, 0.15) is 15.9 Å². The normalized spacial score (nSPS) is 21.9. The molecule has 56 valence electrons. The third kappa shape index (κ3) is 0.862. The number of hydrogen-bond donors (Lipinski definition) is 0. The third-order valence-corrected chi connectivity index (χ3v) is 1.97. The lowest BCUT2D eigenvalue weighted by Crippen LogP contribution is -2.07. The molecule has 0 amide bonds. The minimum atomic E-state index is -1.30. The maximum absolute atomic E-state index is 12.8. The van der Waals surface area contributed by atoms with Crippen LogP contribution >= 0.6 is 0 Å². The van der Waals surface area contributed by atoms with Crippen LogP contribution in [0.3, 0.4) is 0 Å². The highest BCUT2D eigenvalue weighted by atomic mass is 19.1. The summed E-state index contributed by atoms with van der Waals surface area (Å²) in [5.41, 5.74) is 1.39. The van der Waals surface area contributed by atoms with Crippen molar-refractivity contribution in [3.05, 3.63) is 35.4 Å². The molecule has 0 saturated heterocycles. The van der Waals surface area contributed by atoms with Crippen molar-refractivity contribution in [2.45, 2.75) is 12.6 Å². The molecule has 0 spiro atoms. The van der Waals surface area contributed by atoms with Crippen LogP contribution in [0.15, 0.2) is 24.3 Å². The Labute approximate surface area is 63.8 Å². The van der Waals surface area contributed by atoms with Gasteiger partial charge in [0.15, 0.2) is 12.0 Å². The van der Waals surface area contributed by atoms with E-state index < -0.39 is 6.17 Å². The lowest BCUT2D eigenvalue weighted by molar-refractivity contribution is 0.0899. The number of fused-ring (bicyclic) bond motifs is 1. The first-order chi connectivity index (χ1) is 5.29. The molecular formula is C9H7FO. The lowest BCUT2D eigenvalue weighted by Gasteiger charge is -1.91. The van der Waals surface area contributed by atoms with E-state index in [-0.39, 0.29) is 12.2 Å². The summed E-state index contributed by atoms with van der Waals surface area (Å²) in [4.78, 5) is 11.0. The van der Waals surface area contributed by atoms with Gasteiger partial charge in [0.2, 0.25) is 0 Å². The minimum absolute atomic E-state index is 0.259. The number of carbonyl (C=O) groups is 1. The summed E-state index contributed by atoms with van der Waals surface area (Å²) >= 11 is 0. The SMILES string of the molecule is O=C1c2ccccc2C[C@H]1F. The van der Waals surface area contributed by atoms with Crippen molar-refractivity contribution in [3.8, 4) is 0 Å². The monoisotopic (exact) mass is 150 g/mol.